The molecule has 1 fully saturated rings. The van der Waals surface area contributed by atoms with Crippen LogP contribution >= 0.6 is 0 Å². The van der Waals surface area contributed by atoms with Crippen LogP contribution in [0.15, 0.2) is 36.4 Å². The van der Waals surface area contributed by atoms with Crippen LogP contribution in [0.4, 0.5) is 0 Å². The molecule has 0 aliphatic carbocycles. The second-order valence-electron chi connectivity index (χ2n) is 6.29. The number of hydrogen-bond acceptors (Lipinski definition) is 3. The molecular weight excluding hydrogens is 312 g/mol. The molecule has 2 atom stereocenters. The van der Waals surface area contributed by atoms with E-state index in [2.05, 4.69) is 12.1 Å². The van der Waals surface area contributed by atoms with E-state index in [1.54, 1.807) is 8.61 Å². The van der Waals surface area contributed by atoms with Crippen LogP contribution in [0.2, 0.25) is 0 Å². The zero-order chi connectivity index (χ0) is 16.4. The van der Waals surface area contributed by atoms with E-state index < -0.39 is 10.2 Å². The van der Waals surface area contributed by atoms with E-state index in [0.29, 0.717) is 26.2 Å². The van der Waals surface area contributed by atoms with Crippen molar-refractivity contribution in [2.45, 2.75) is 32.5 Å². The summed E-state index contributed by atoms with van der Waals surface area (Å²) in [5.74, 6) is 0. The molecule has 2 aliphatic rings. The van der Waals surface area contributed by atoms with Crippen molar-refractivity contribution in [2.75, 3.05) is 26.2 Å². The number of benzene rings is 1. The smallest absolute Gasteiger partial charge is 0.282 e. The Kier molecular flexibility index (Phi) is 4.87. The predicted octanol–water partition coefficient (Wildman–Crippen LogP) is 2.13. The SMILES string of the molecule is CC1CN(S(=O)(=O)N2CC=C(c3ccccc3)CC2)CC(C)O1. The van der Waals surface area contributed by atoms with Gasteiger partial charge in [0.05, 0.1) is 12.2 Å². The second kappa shape index (κ2) is 6.73. The van der Waals surface area contributed by atoms with Crippen molar-refractivity contribution in [2.24, 2.45) is 0 Å². The van der Waals surface area contributed by atoms with Gasteiger partial charge in [-0.3, -0.25) is 0 Å². The van der Waals surface area contributed by atoms with Crippen molar-refractivity contribution < 1.29 is 13.2 Å². The lowest BCUT2D eigenvalue weighted by atomic mass is 10.0. The number of nitrogens with zero attached hydrogens (tertiary/aromatic N) is 2. The van der Waals surface area contributed by atoms with E-state index in [-0.39, 0.29) is 12.2 Å². The van der Waals surface area contributed by atoms with Crippen molar-refractivity contribution in [3.63, 3.8) is 0 Å². The number of rotatable bonds is 3. The molecule has 0 aromatic heterocycles. The summed E-state index contributed by atoms with van der Waals surface area (Å²) in [7, 11) is -3.41. The van der Waals surface area contributed by atoms with Gasteiger partial charge in [-0.25, -0.2) is 0 Å². The third-order valence-electron chi connectivity index (χ3n) is 4.36. The van der Waals surface area contributed by atoms with Gasteiger partial charge in [-0.2, -0.15) is 17.0 Å². The Bertz CT molecular complexity index is 662. The molecule has 1 aromatic rings. The van der Waals surface area contributed by atoms with E-state index in [4.69, 9.17) is 4.74 Å². The maximum absolute atomic E-state index is 12.8. The summed E-state index contributed by atoms with van der Waals surface area (Å²) in [5, 5.41) is 0. The van der Waals surface area contributed by atoms with Crippen molar-refractivity contribution >= 4 is 15.8 Å². The van der Waals surface area contributed by atoms with Gasteiger partial charge < -0.3 is 4.74 Å². The minimum absolute atomic E-state index is 0.0614. The molecule has 126 valence electrons. The van der Waals surface area contributed by atoms with Gasteiger partial charge >= 0.3 is 0 Å². The fourth-order valence-corrected chi connectivity index (χ4v) is 4.97. The van der Waals surface area contributed by atoms with Crippen LogP contribution in [0.25, 0.3) is 5.57 Å². The molecular formula is C17H24N2O3S. The first-order valence-electron chi connectivity index (χ1n) is 8.12. The normalized spacial score (nSPS) is 27.7. The van der Waals surface area contributed by atoms with E-state index in [1.165, 1.54) is 11.1 Å². The van der Waals surface area contributed by atoms with Gasteiger partial charge in [0.1, 0.15) is 0 Å². The number of ether oxygens (including phenoxy) is 1. The molecule has 0 spiro atoms. The Hall–Kier alpha value is -1.21. The second-order valence-corrected chi connectivity index (χ2v) is 8.21. The molecule has 1 aromatic carbocycles. The summed E-state index contributed by atoms with van der Waals surface area (Å²) in [6.07, 6.45) is 2.66. The zero-order valence-corrected chi connectivity index (χ0v) is 14.5. The third kappa shape index (κ3) is 3.66. The van der Waals surface area contributed by atoms with Crippen molar-refractivity contribution in [1.29, 1.82) is 0 Å². The molecule has 0 amide bonds. The highest BCUT2D eigenvalue weighted by Gasteiger charge is 2.35. The van der Waals surface area contributed by atoms with Crippen LogP contribution in [-0.2, 0) is 14.9 Å². The summed E-state index contributed by atoms with van der Waals surface area (Å²) in [6.45, 7) is 5.66. The topological polar surface area (TPSA) is 49.9 Å². The van der Waals surface area contributed by atoms with Crippen LogP contribution in [-0.4, -0.2) is 55.4 Å². The lowest BCUT2D eigenvalue weighted by Crippen LogP contribution is -2.53. The lowest BCUT2D eigenvalue weighted by molar-refractivity contribution is -0.0454. The fraction of sp³-hybridized carbons (Fsp3) is 0.529. The highest BCUT2D eigenvalue weighted by molar-refractivity contribution is 7.86. The van der Waals surface area contributed by atoms with Gasteiger partial charge in [-0.05, 0) is 31.4 Å². The Morgan fingerprint density at radius 3 is 2.26 bits per heavy atom. The van der Waals surface area contributed by atoms with Gasteiger partial charge in [-0.1, -0.05) is 36.4 Å². The minimum Gasteiger partial charge on any atom is -0.373 e. The molecule has 0 radical (unpaired) electrons. The molecule has 23 heavy (non-hydrogen) atoms. The molecule has 2 unspecified atom stereocenters. The average Bonchev–Trinajstić information content (AvgIpc) is 2.55. The maximum Gasteiger partial charge on any atom is 0.282 e. The number of morpholine rings is 1. The molecule has 3 rings (SSSR count). The molecule has 6 heteroatoms. The zero-order valence-electron chi connectivity index (χ0n) is 13.7. The first kappa shape index (κ1) is 16.6. The van der Waals surface area contributed by atoms with Crippen LogP contribution < -0.4 is 0 Å². The highest BCUT2D eigenvalue weighted by atomic mass is 32.2. The molecule has 2 aliphatic heterocycles. The van der Waals surface area contributed by atoms with Gasteiger partial charge in [-0.15, -0.1) is 0 Å². The van der Waals surface area contributed by atoms with Crippen molar-refractivity contribution in [3.8, 4) is 0 Å². The highest BCUT2D eigenvalue weighted by Crippen LogP contribution is 2.25. The van der Waals surface area contributed by atoms with Crippen LogP contribution in [0.1, 0.15) is 25.8 Å². The van der Waals surface area contributed by atoms with Gasteiger partial charge in [0.2, 0.25) is 0 Å². The largest absolute Gasteiger partial charge is 0.373 e. The molecule has 0 saturated carbocycles. The first-order valence-corrected chi connectivity index (χ1v) is 9.51. The monoisotopic (exact) mass is 336 g/mol. The summed E-state index contributed by atoms with van der Waals surface area (Å²) in [6, 6.07) is 10.2. The van der Waals surface area contributed by atoms with Crippen molar-refractivity contribution in [3.05, 3.63) is 42.0 Å². The standard InChI is InChI=1S/C17H24N2O3S/c1-14-12-19(13-15(2)22-14)23(20,21)18-10-8-17(9-11-18)16-6-4-3-5-7-16/h3-8,14-15H,9-13H2,1-2H3. The van der Waals surface area contributed by atoms with Crippen LogP contribution in [0, 0.1) is 0 Å². The van der Waals surface area contributed by atoms with E-state index in [1.807, 2.05) is 38.1 Å². The van der Waals surface area contributed by atoms with Gasteiger partial charge in [0.15, 0.2) is 0 Å². The fourth-order valence-electron chi connectivity index (χ4n) is 3.26. The minimum atomic E-state index is -3.41. The third-order valence-corrected chi connectivity index (χ3v) is 6.29. The summed E-state index contributed by atoms with van der Waals surface area (Å²) >= 11 is 0. The van der Waals surface area contributed by atoms with Crippen molar-refractivity contribution in [1.82, 2.24) is 8.61 Å². The lowest BCUT2D eigenvalue weighted by Gasteiger charge is -2.38. The quantitative estimate of drug-likeness (QED) is 0.850. The summed E-state index contributed by atoms with van der Waals surface area (Å²) in [5.41, 5.74) is 2.40. The molecule has 0 N–H and O–H groups in total. The summed E-state index contributed by atoms with van der Waals surface area (Å²) < 4.78 is 34.5. The van der Waals surface area contributed by atoms with Gasteiger partial charge in [0.25, 0.3) is 10.2 Å². The van der Waals surface area contributed by atoms with E-state index in [0.717, 1.165) is 6.42 Å². The molecule has 0 bridgehead atoms. The van der Waals surface area contributed by atoms with Gasteiger partial charge in [0, 0.05) is 26.2 Å². The summed E-state index contributed by atoms with van der Waals surface area (Å²) in [4.78, 5) is 0. The number of hydrogen-bond donors (Lipinski definition) is 0. The molecule has 1 saturated heterocycles. The Morgan fingerprint density at radius 1 is 1.04 bits per heavy atom. The first-order chi connectivity index (χ1) is 11.0. The van der Waals surface area contributed by atoms with Crippen LogP contribution in [0.5, 0.6) is 0 Å². The van der Waals surface area contributed by atoms with E-state index >= 15 is 0 Å². The maximum atomic E-state index is 12.8. The Labute approximate surface area is 138 Å². The average molecular weight is 336 g/mol. The Morgan fingerprint density at radius 2 is 1.70 bits per heavy atom. The van der Waals surface area contributed by atoms with Crippen LogP contribution in [0.3, 0.4) is 0 Å². The van der Waals surface area contributed by atoms with E-state index in [9.17, 15) is 8.42 Å². The molecule has 5 nitrogen and oxygen atoms in total. The Balaban J connectivity index is 1.72. The molecule has 2 heterocycles. The predicted molar refractivity (Wildman–Crippen MR) is 91.1 cm³/mol.